The molecule has 3 heteroatoms. The maximum atomic E-state index is 12.6. The van der Waals surface area contributed by atoms with Crippen molar-refractivity contribution in [3.63, 3.8) is 0 Å². The van der Waals surface area contributed by atoms with Gasteiger partial charge in [0.05, 0.1) is 0 Å². The summed E-state index contributed by atoms with van der Waals surface area (Å²) in [6.07, 6.45) is 0. The van der Waals surface area contributed by atoms with Gasteiger partial charge >= 0.3 is 0 Å². The van der Waals surface area contributed by atoms with Gasteiger partial charge in [0.1, 0.15) is 0 Å². The van der Waals surface area contributed by atoms with E-state index in [1.165, 1.54) is 0 Å². The van der Waals surface area contributed by atoms with Crippen LogP contribution in [0.15, 0.2) is 24.3 Å². The van der Waals surface area contributed by atoms with Crippen LogP contribution in [-0.4, -0.2) is 35.5 Å². The molecule has 1 aromatic rings. The van der Waals surface area contributed by atoms with Gasteiger partial charge in [-0.1, -0.05) is 18.2 Å². The van der Waals surface area contributed by atoms with Crippen LogP contribution < -0.4 is 5.32 Å². The summed E-state index contributed by atoms with van der Waals surface area (Å²) in [4.78, 5) is 14.6. The highest BCUT2D eigenvalue weighted by molar-refractivity contribution is 5.96. The molecule has 1 unspecified atom stereocenters. The Hall–Kier alpha value is -1.35. The summed E-state index contributed by atoms with van der Waals surface area (Å²) in [5.74, 6) is 0.148. The van der Waals surface area contributed by atoms with Crippen molar-refractivity contribution in [1.82, 2.24) is 10.2 Å². The molecule has 1 aliphatic rings. The lowest BCUT2D eigenvalue weighted by molar-refractivity contribution is 0.0532. The standard InChI is InChI=1S/C15H22N2O/c1-11-7-5-6-8-13(11)14(18)17-10-15(3,4)16-9-12(17)2/h5-8,12,16H,9-10H2,1-4H3. The van der Waals surface area contributed by atoms with E-state index in [0.29, 0.717) is 0 Å². The van der Waals surface area contributed by atoms with E-state index in [1.54, 1.807) is 0 Å². The molecule has 1 N–H and O–H groups in total. The number of carbonyl (C=O) groups is 1. The van der Waals surface area contributed by atoms with E-state index < -0.39 is 0 Å². The van der Waals surface area contributed by atoms with Crippen molar-refractivity contribution in [1.29, 1.82) is 0 Å². The van der Waals surface area contributed by atoms with E-state index in [0.717, 1.165) is 24.2 Å². The van der Waals surface area contributed by atoms with E-state index >= 15 is 0 Å². The Morgan fingerprint density at radius 1 is 1.39 bits per heavy atom. The minimum atomic E-state index is -0.00907. The second-order valence-electron chi connectivity index (χ2n) is 5.86. The molecule has 1 aromatic carbocycles. The highest BCUT2D eigenvalue weighted by atomic mass is 16.2. The number of piperazine rings is 1. The smallest absolute Gasteiger partial charge is 0.254 e. The fourth-order valence-corrected chi connectivity index (χ4v) is 2.41. The van der Waals surface area contributed by atoms with Crippen LogP contribution in [0.5, 0.6) is 0 Å². The maximum absolute atomic E-state index is 12.6. The molecular weight excluding hydrogens is 224 g/mol. The van der Waals surface area contributed by atoms with Crippen molar-refractivity contribution in [3.05, 3.63) is 35.4 Å². The number of carbonyl (C=O) groups excluding carboxylic acids is 1. The van der Waals surface area contributed by atoms with Gasteiger partial charge in [0.15, 0.2) is 0 Å². The normalized spacial score (nSPS) is 22.9. The Bertz CT molecular complexity index is 454. The molecule has 1 aliphatic heterocycles. The van der Waals surface area contributed by atoms with Crippen LogP contribution in [0.3, 0.4) is 0 Å². The van der Waals surface area contributed by atoms with Crippen molar-refractivity contribution >= 4 is 5.91 Å². The third-order valence-electron chi connectivity index (χ3n) is 3.61. The summed E-state index contributed by atoms with van der Waals surface area (Å²) in [5, 5.41) is 3.47. The fourth-order valence-electron chi connectivity index (χ4n) is 2.41. The third kappa shape index (κ3) is 2.56. The largest absolute Gasteiger partial charge is 0.333 e. The second kappa shape index (κ2) is 4.73. The number of nitrogens with one attached hydrogen (secondary N) is 1. The molecular formula is C15H22N2O. The van der Waals surface area contributed by atoms with Gasteiger partial charge in [-0.25, -0.2) is 0 Å². The van der Waals surface area contributed by atoms with Gasteiger partial charge in [-0.3, -0.25) is 4.79 Å². The molecule has 98 valence electrons. The highest BCUT2D eigenvalue weighted by Crippen LogP contribution is 2.19. The topological polar surface area (TPSA) is 32.3 Å². The monoisotopic (exact) mass is 246 g/mol. The van der Waals surface area contributed by atoms with E-state index in [9.17, 15) is 4.79 Å². The lowest BCUT2D eigenvalue weighted by atomic mass is 9.97. The molecule has 1 heterocycles. The molecule has 18 heavy (non-hydrogen) atoms. The summed E-state index contributed by atoms with van der Waals surface area (Å²) >= 11 is 0. The lowest BCUT2D eigenvalue weighted by Crippen LogP contribution is -2.62. The molecule has 0 aromatic heterocycles. The first-order valence-electron chi connectivity index (χ1n) is 6.52. The van der Waals surface area contributed by atoms with Gasteiger partial charge in [-0.05, 0) is 39.3 Å². The first kappa shape index (κ1) is 13.1. The van der Waals surface area contributed by atoms with Crippen LogP contribution in [0.25, 0.3) is 0 Å². The van der Waals surface area contributed by atoms with Crippen molar-refractivity contribution in [2.24, 2.45) is 0 Å². The van der Waals surface area contributed by atoms with Crippen molar-refractivity contribution < 1.29 is 4.79 Å². The number of nitrogens with zero attached hydrogens (tertiary/aromatic N) is 1. The summed E-state index contributed by atoms with van der Waals surface area (Å²) in [6.45, 7) is 9.96. The van der Waals surface area contributed by atoms with Crippen molar-refractivity contribution in [3.8, 4) is 0 Å². The minimum absolute atomic E-state index is 0.00907. The van der Waals surface area contributed by atoms with Gasteiger partial charge in [-0.2, -0.15) is 0 Å². The second-order valence-corrected chi connectivity index (χ2v) is 5.86. The van der Waals surface area contributed by atoms with Gasteiger partial charge in [0.25, 0.3) is 5.91 Å². The van der Waals surface area contributed by atoms with Crippen molar-refractivity contribution in [2.45, 2.75) is 39.3 Å². The average molecular weight is 246 g/mol. The first-order chi connectivity index (χ1) is 8.41. The Morgan fingerprint density at radius 3 is 2.72 bits per heavy atom. The van der Waals surface area contributed by atoms with E-state index in [-0.39, 0.29) is 17.5 Å². The number of hydrogen-bond donors (Lipinski definition) is 1. The van der Waals surface area contributed by atoms with Crippen LogP contribution in [0.4, 0.5) is 0 Å². The first-order valence-corrected chi connectivity index (χ1v) is 6.52. The molecule has 3 nitrogen and oxygen atoms in total. The van der Waals surface area contributed by atoms with Gasteiger partial charge in [-0.15, -0.1) is 0 Å². The van der Waals surface area contributed by atoms with Gasteiger partial charge < -0.3 is 10.2 Å². The minimum Gasteiger partial charge on any atom is -0.333 e. The zero-order valence-electron chi connectivity index (χ0n) is 11.7. The summed E-state index contributed by atoms with van der Waals surface area (Å²) in [7, 11) is 0. The average Bonchev–Trinajstić information content (AvgIpc) is 2.32. The van der Waals surface area contributed by atoms with E-state index in [1.807, 2.05) is 36.1 Å². The Labute approximate surface area is 109 Å². The highest BCUT2D eigenvalue weighted by Gasteiger charge is 2.33. The molecule has 1 saturated heterocycles. The fraction of sp³-hybridized carbons (Fsp3) is 0.533. The van der Waals surface area contributed by atoms with Crippen LogP contribution in [0.2, 0.25) is 0 Å². The molecule has 2 rings (SSSR count). The van der Waals surface area contributed by atoms with E-state index in [4.69, 9.17) is 0 Å². The zero-order valence-corrected chi connectivity index (χ0v) is 11.7. The number of aryl methyl sites for hydroxylation is 1. The summed E-state index contributed by atoms with van der Waals surface area (Å²) in [5.41, 5.74) is 1.86. The number of rotatable bonds is 1. The van der Waals surface area contributed by atoms with Gasteiger partial charge in [0, 0.05) is 30.2 Å². The van der Waals surface area contributed by atoms with Crippen LogP contribution in [0, 0.1) is 6.92 Å². The maximum Gasteiger partial charge on any atom is 0.254 e. The predicted molar refractivity (Wildman–Crippen MR) is 73.8 cm³/mol. The molecule has 1 amide bonds. The molecule has 1 atom stereocenters. The van der Waals surface area contributed by atoms with Crippen LogP contribution in [-0.2, 0) is 0 Å². The zero-order chi connectivity index (χ0) is 13.3. The van der Waals surface area contributed by atoms with Gasteiger partial charge in [0.2, 0.25) is 0 Å². The molecule has 0 aliphatic carbocycles. The Kier molecular flexibility index (Phi) is 3.44. The number of benzene rings is 1. The SMILES string of the molecule is Cc1ccccc1C(=O)N1CC(C)(C)NCC1C. The quantitative estimate of drug-likeness (QED) is 0.824. The molecule has 0 saturated carbocycles. The Morgan fingerprint density at radius 2 is 2.06 bits per heavy atom. The Balaban J connectivity index is 2.25. The van der Waals surface area contributed by atoms with Crippen LogP contribution in [0.1, 0.15) is 36.7 Å². The number of amides is 1. The van der Waals surface area contributed by atoms with E-state index in [2.05, 4.69) is 26.1 Å². The number of hydrogen-bond acceptors (Lipinski definition) is 2. The lowest BCUT2D eigenvalue weighted by Gasteiger charge is -2.43. The van der Waals surface area contributed by atoms with Crippen molar-refractivity contribution in [2.75, 3.05) is 13.1 Å². The molecule has 0 radical (unpaired) electrons. The molecule has 1 fully saturated rings. The summed E-state index contributed by atoms with van der Waals surface area (Å²) < 4.78 is 0. The summed E-state index contributed by atoms with van der Waals surface area (Å²) in [6, 6.07) is 8.05. The van der Waals surface area contributed by atoms with Crippen LogP contribution >= 0.6 is 0 Å². The molecule has 0 bridgehead atoms. The third-order valence-corrected chi connectivity index (χ3v) is 3.61. The predicted octanol–water partition coefficient (Wildman–Crippen LogP) is 2.21. The molecule has 0 spiro atoms.